The highest BCUT2D eigenvalue weighted by molar-refractivity contribution is 7.07. The van der Waals surface area contributed by atoms with Crippen molar-refractivity contribution in [3.8, 4) is 5.75 Å². The molecular formula is C16H21NOS. The van der Waals surface area contributed by atoms with Crippen LogP contribution < -0.4 is 10.5 Å². The molecule has 3 heteroatoms. The number of hydrogen-bond acceptors (Lipinski definition) is 3. The summed E-state index contributed by atoms with van der Waals surface area (Å²) in [7, 11) is 0. The Morgan fingerprint density at radius 1 is 1.21 bits per heavy atom. The van der Waals surface area contributed by atoms with Gasteiger partial charge < -0.3 is 10.5 Å². The third-order valence-corrected chi connectivity index (χ3v) is 4.04. The fraction of sp³-hybridized carbons (Fsp3) is 0.375. The van der Waals surface area contributed by atoms with E-state index >= 15 is 0 Å². The van der Waals surface area contributed by atoms with Crippen LogP contribution in [0.2, 0.25) is 0 Å². The molecule has 2 aromatic rings. The van der Waals surface area contributed by atoms with Crippen LogP contribution in [0.15, 0.2) is 41.1 Å². The average molecular weight is 275 g/mol. The maximum Gasteiger partial charge on any atom is 0.140 e. The van der Waals surface area contributed by atoms with Crippen molar-refractivity contribution >= 4 is 11.3 Å². The van der Waals surface area contributed by atoms with E-state index < -0.39 is 0 Å². The molecule has 1 aromatic heterocycles. The van der Waals surface area contributed by atoms with Crippen molar-refractivity contribution in [3.05, 3.63) is 52.2 Å². The van der Waals surface area contributed by atoms with Crippen molar-refractivity contribution in [1.29, 1.82) is 0 Å². The molecule has 2 unspecified atom stereocenters. The van der Waals surface area contributed by atoms with E-state index in [-0.39, 0.29) is 12.1 Å². The molecule has 19 heavy (non-hydrogen) atoms. The number of aryl methyl sites for hydroxylation is 1. The molecule has 2 nitrogen and oxygen atoms in total. The van der Waals surface area contributed by atoms with E-state index in [1.165, 1.54) is 11.1 Å². The average Bonchev–Trinajstić information content (AvgIpc) is 2.98. The molecule has 0 saturated heterocycles. The Hall–Kier alpha value is -1.32. The summed E-state index contributed by atoms with van der Waals surface area (Å²) in [5.41, 5.74) is 8.63. The van der Waals surface area contributed by atoms with Crippen LogP contribution in [0.5, 0.6) is 5.75 Å². The van der Waals surface area contributed by atoms with Crippen LogP contribution in [0.25, 0.3) is 0 Å². The lowest BCUT2D eigenvalue weighted by Crippen LogP contribution is -2.31. The highest BCUT2D eigenvalue weighted by Gasteiger charge is 2.21. The smallest absolute Gasteiger partial charge is 0.140 e. The Bertz CT molecular complexity index is 495. The van der Waals surface area contributed by atoms with Crippen molar-refractivity contribution < 1.29 is 4.74 Å². The molecule has 0 spiro atoms. The first-order valence-corrected chi connectivity index (χ1v) is 7.72. The highest BCUT2D eigenvalue weighted by atomic mass is 32.1. The zero-order valence-corrected chi connectivity index (χ0v) is 12.3. The summed E-state index contributed by atoms with van der Waals surface area (Å²) >= 11 is 1.68. The predicted molar refractivity (Wildman–Crippen MR) is 81.8 cm³/mol. The van der Waals surface area contributed by atoms with Gasteiger partial charge in [-0.05, 0) is 41.3 Å². The van der Waals surface area contributed by atoms with Gasteiger partial charge in [-0.25, -0.2) is 0 Å². The van der Waals surface area contributed by atoms with Crippen LogP contribution >= 0.6 is 11.3 Å². The summed E-state index contributed by atoms with van der Waals surface area (Å²) in [6.07, 6.45) is 1.80. The summed E-state index contributed by atoms with van der Waals surface area (Å²) in [5.74, 6) is 0.949. The van der Waals surface area contributed by atoms with Gasteiger partial charge in [-0.2, -0.15) is 11.3 Å². The zero-order valence-electron chi connectivity index (χ0n) is 11.5. The van der Waals surface area contributed by atoms with E-state index in [0.29, 0.717) is 0 Å². The Labute approximate surface area is 119 Å². The van der Waals surface area contributed by atoms with Gasteiger partial charge in [0.15, 0.2) is 0 Å². The van der Waals surface area contributed by atoms with Gasteiger partial charge in [0.05, 0.1) is 0 Å². The van der Waals surface area contributed by atoms with Crippen LogP contribution in [-0.2, 0) is 6.42 Å². The van der Waals surface area contributed by atoms with Crippen molar-refractivity contribution in [2.45, 2.75) is 38.8 Å². The lowest BCUT2D eigenvalue weighted by atomic mass is 10.0. The number of hydrogen-bond donors (Lipinski definition) is 1. The molecule has 0 aliphatic rings. The molecule has 0 bridgehead atoms. The third kappa shape index (κ3) is 3.37. The molecule has 102 valence electrons. The minimum atomic E-state index is -0.0658. The fourth-order valence-corrected chi connectivity index (χ4v) is 2.79. The standard InChI is InChI=1S/C16H21NOS/c1-3-12-7-5-6-8-15(12)18-16(14(17)4-2)13-9-10-19-11-13/h5-11,14,16H,3-4,17H2,1-2H3. The summed E-state index contributed by atoms with van der Waals surface area (Å²) in [4.78, 5) is 0. The maximum atomic E-state index is 6.23. The SMILES string of the molecule is CCc1ccccc1OC(c1ccsc1)C(N)CC. The maximum absolute atomic E-state index is 6.23. The Kier molecular flexibility index (Phi) is 5.00. The van der Waals surface area contributed by atoms with E-state index in [1.54, 1.807) is 11.3 Å². The van der Waals surface area contributed by atoms with E-state index in [1.807, 2.05) is 18.2 Å². The van der Waals surface area contributed by atoms with Gasteiger partial charge in [0.2, 0.25) is 0 Å². The van der Waals surface area contributed by atoms with Crippen molar-refractivity contribution in [2.24, 2.45) is 5.73 Å². The van der Waals surface area contributed by atoms with Gasteiger partial charge >= 0.3 is 0 Å². The minimum Gasteiger partial charge on any atom is -0.484 e. The van der Waals surface area contributed by atoms with E-state index in [9.17, 15) is 0 Å². The Balaban J connectivity index is 2.25. The van der Waals surface area contributed by atoms with Crippen LogP contribution in [-0.4, -0.2) is 6.04 Å². The second kappa shape index (κ2) is 6.73. The zero-order chi connectivity index (χ0) is 13.7. The van der Waals surface area contributed by atoms with Crippen LogP contribution in [0.1, 0.15) is 37.5 Å². The molecule has 0 saturated carbocycles. The number of nitrogens with two attached hydrogens (primary N) is 1. The van der Waals surface area contributed by atoms with Gasteiger partial charge in [0.25, 0.3) is 0 Å². The number of benzene rings is 1. The topological polar surface area (TPSA) is 35.2 Å². The highest BCUT2D eigenvalue weighted by Crippen LogP contribution is 2.29. The second-order valence-corrected chi connectivity index (χ2v) is 5.41. The summed E-state index contributed by atoms with van der Waals surface area (Å²) in [6.45, 7) is 4.24. The van der Waals surface area contributed by atoms with E-state index in [0.717, 1.165) is 18.6 Å². The molecule has 0 aliphatic carbocycles. The molecule has 2 N–H and O–H groups in total. The first-order chi connectivity index (χ1) is 9.26. The van der Waals surface area contributed by atoms with Crippen molar-refractivity contribution in [3.63, 3.8) is 0 Å². The van der Waals surface area contributed by atoms with Gasteiger partial charge in [-0.15, -0.1) is 0 Å². The van der Waals surface area contributed by atoms with Crippen LogP contribution in [0.4, 0.5) is 0 Å². The van der Waals surface area contributed by atoms with E-state index in [2.05, 4.69) is 36.7 Å². The Morgan fingerprint density at radius 3 is 2.63 bits per heavy atom. The van der Waals surface area contributed by atoms with Gasteiger partial charge in [0.1, 0.15) is 11.9 Å². The summed E-state index contributed by atoms with van der Waals surface area (Å²) in [5, 5.41) is 4.19. The fourth-order valence-electron chi connectivity index (χ4n) is 2.10. The van der Waals surface area contributed by atoms with Crippen molar-refractivity contribution in [2.75, 3.05) is 0 Å². The largest absolute Gasteiger partial charge is 0.484 e. The predicted octanol–water partition coefficient (Wildman–Crippen LogP) is 4.17. The van der Waals surface area contributed by atoms with Gasteiger partial charge in [0, 0.05) is 11.6 Å². The Morgan fingerprint density at radius 2 is 2.00 bits per heavy atom. The number of thiophene rings is 1. The van der Waals surface area contributed by atoms with Crippen molar-refractivity contribution in [1.82, 2.24) is 0 Å². The summed E-state index contributed by atoms with van der Waals surface area (Å²) in [6, 6.07) is 10.3. The molecule has 0 radical (unpaired) electrons. The molecule has 0 aliphatic heterocycles. The number of rotatable bonds is 6. The normalized spacial score (nSPS) is 14.1. The van der Waals surface area contributed by atoms with Gasteiger partial charge in [-0.3, -0.25) is 0 Å². The molecular weight excluding hydrogens is 254 g/mol. The van der Waals surface area contributed by atoms with Crippen LogP contribution in [0, 0.1) is 0 Å². The number of ether oxygens (including phenoxy) is 1. The first-order valence-electron chi connectivity index (χ1n) is 6.78. The lowest BCUT2D eigenvalue weighted by molar-refractivity contribution is 0.170. The lowest BCUT2D eigenvalue weighted by Gasteiger charge is -2.25. The molecule has 1 heterocycles. The molecule has 0 fully saturated rings. The second-order valence-electron chi connectivity index (χ2n) is 4.63. The van der Waals surface area contributed by atoms with Crippen LogP contribution in [0.3, 0.4) is 0 Å². The molecule has 1 aromatic carbocycles. The minimum absolute atomic E-state index is 0.0134. The first kappa shape index (κ1) is 14.1. The third-order valence-electron chi connectivity index (χ3n) is 3.34. The quantitative estimate of drug-likeness (QED) is 0.859. The van der Waals surface area contributed by atoms with Gasteiger partial charge in [-0.1, -0.05) is 32.0 Å². The molecule has 2 atom stereocenters. The molecule has 0 amide bonds. The number of para-hydroxylation sites is 1. The molecule has 2 rings (SSSR count). The summed E-state index contributed by atoms with van der Waals surface area (Å²) < 4.78 is 6.22. The van der Waals surface area contributed by atoms with E-state index in [4.69, 9.17) is 10.5 Å². The monoisotopic (exact) mass is 275 g/mol.